The Kier molecular flexibility index (Phi) is 5.83. The minimum Gasteiger partial charge on any atom is -0.481 e. The van der Waals surface area contributed by atoms with Crippen LogP contribution < -0.4 is 5.32 Å². The van der Waals surface area contributed by atoms with Gasteiger partial charge in [-0.15, -0.1) is 0 Å². The summed E-state index contributed by atoms with van der Waals surface area (Å²) in [6.45, 7) is 3.94. The van der Waals surface area contributed by atoms with Crippen LogP contribution in [0.4, 0.5) is 0 Å². The summed E-state index contributed by atoms with van der Waals surface area (Å²) in [7, 11) is 0. The highest BCUT2D eigenvalue weighted by Crippen LogP contribution is 2.20. The maximum Gasteiger partial charge on any atom is 0.306 e. The Hall–Kier alpha value is -1.55. The third-order valence-corrected chi connectivity index (χ3v) is 3.46. The minimum absolute atomic E-state index is 0.225. The number of halogens is 1. The van der Waals surface area contributed by atoms with Crippen molar-refractivity contribution in [1.82, 2.24) is 5.32 Å². The van der Waals surface area contributed by atoms with Gasteiger partial charge in [0.2, 0.25) is 0 Å². The molecule has 1 unspecified atom stereocenters. The molecule has 5 heteroatoms. The third-order valence-electron chi connectivity index (χ3n) is 2.96. The molecule has 0 spiro atoms. The summed E-state index contributed by atoms with van der Waals surface area (Å²) in [6.07, 6.45) is 1.17. The molecule has 0 saturated heterocycles. The molecule has 1 aromatic carbocycles. The highest BCUT2D eigenvalue weighted by atomic mass is 35.5. The largest absolute Gasteiger partial charge is 0.481 e. The lowest BCUT2D eigenvalue weighted by atomic mass is 10.1. The van der Waals surface area contributed by atoms with Crippen molar-refractivity contribution in [3.8, 4) is 0 Å². The Labute approximate surface area is 117 Å². The molecule has 0 aliphatic heterocycles. The number of aryl methyl sites for hydroxylation is 1. The molecule has 1 amide bonds. The molecule has 1 atom stereocenters. The van der Waals surface area contributed by atoms with Crippen LogP contribution in [0, 0.1) is 12.8 Å². The number of hydrogen-bond acceptors (Lipinski definition) is 2. The Morgan fingerprint density at radius 3 is 2.74 bits per heavy atom. The summed E-state index contributed by atoms with van der Waals surface area (Å²) in [5.41, 5.74) is 1.31. The maximum atomic E-state index is 11.9. The van der Waals surface area contributed by atoms with E-state index >= 15 is 0 Å². The molecular formula is C14H18ClNO3. The third kappa shape index (κ3) is 4.56. The number of nitrogens with one attached hydrogen (secondary N) is 1. The van der Waals surface area contributed by atoms with Gasteiger partial charge in [0, 0.05) is 6.54 Å². The Bertz CT molecular complexity index is 474. The number of rotatable bonds is 6. The average Bonchev–Trinajstić information content (AvgIpc) is 2.37. The van der Waals surface area contributed by atoms with Crippen molar-refractivity contribution in [3.63, 3.8) is 0 Å². The van der Waals surface area contributed by atoms with Gasteiger partial charge >= 0.3 is 5.97 Å². The number of aliphatic carboxylic acids is 1. The second-order valence-corrected chi connectivity index (χ2v) is 4.95. The predicted octanol–water partition coefficient (Wildman–Crippen LogP) is 2.88. The lowest BCUT2D eigenvalue weighted by Gasteiger charge is -2.09. The zero-order chi connectivity index (χ0) is 14.4. The van der Waals surface area contributed by atoms with Gasteiger partial charge < -0.3 is 10.4 Å². The van der Waals surface area contributed by atoms with E-state index in [1.54, 1.807) is 19.1 Å². The zero-order valence-electron chi connectivity index (χ0n) is 11.1. The monoisotopic (exact) mass is 283 g/mol. The van der Waals surface area contributed by atoms with Gasteiger partial charge in [0.25, 0.3) is 5.91 Å². The molecule has 0 aliphatic rings. The van der Waals surface area contributed by atoms with Crippen molar-refractivity contribution in [3.05, 3.63) is 34.3 Å². The van der Waals surface area contributed by atoms with Crippen molar-refractivity contribution in [2.75, 3.05) is 6.54 Å². The van der Waals surface area contributed by atoms with Gasteiger partial charge in [-0.25, -0.2) is 0 Å². The Balaban J connectivity index is 2.44. The van der Waals surface area contributed by atoms with E-state index in [4.69, 9.17) is 16.7 Å². The van der Waals surface area contributed by atoms with Gasteiger partial charge in [-0.3, -0.25) is 9.59 Å². The second-order valence-electron chi connectivity index (χ2n) is 4.57. The maximum absolute atomic E-state index is 11.9. The molecular weight excluding hydrogens is 266 g/mol. The summed E-state index contributed by atoms with van der Waals surface area (Å²) in [6, 6.07) is 5.29. The van der Waals surface area contributed by atoms with E-state index in [1.807, 2.05) is 13.0 Å². The first-order chi connectivity index (χ1) is 8.93. The number of carboxylic acid groups (broad SMARTS) is 1. The SMILES string of the molecule is Cc1cccc(C(=O)NCCCC(C)C(=O)O)c1Cl. The van der Waals surface area contributed by atoms with Crippen LogP contribution >= 0.6 is 11.6 Å². The van der Waals surface area contributed by atoms with Crippen molar-refractivity contribution < 1.29 is 14.7 Å². The molecule has 0 aromatic heterocycles. The van der Waals surface area contributed by atoms with Crippen LogP contribution in [-0.4, -0.2) is 23.5 Å². The van der Waals surface area contributed by atoms with Crippen LogP contribution in [0.15, 0.2) is 18.2 Å². The smallest absolute Gasteiger partial charge is 0.306 e. The zero-order valence-corrected chi connectivity index (χ0v) is 11.8. The van der Waals surface area contributed by atoms with Gasteiger partial charge in [0.15, 0.2) is 0 Å². The summed E-state index contributed by atoms with van der Waals surface area (Å²) in [5, 5.41) is 11.9. The molecule has 19 heavy (non-hydrogen) atoms. The molecule has 0 aliphatic carbocycles. The van der Waals surface area contributed by atoms with Crippen molar-refractivity contribution in [2.45, 2.75) is 26.7 Å². The lowest BCUT2D eigenvalue weighted by molar-refractivity contribution is -0.141. The molecule has 104 valence electrons. The second kappa shape index (κ2) is 7.14. The summed E-state index contributed by atoms with van der Waals surface area (Å²) in [4.78, 5) is 22.5. The number of carbonyl (C=O) groups excluding carboxylic acids is 1. The quantitative estimate of drug-likeness (QED) is 0.789. The van der Waals surface area contributed by atoms with E-state index in [0.29, 0.717) is 30.0 Å². The van der Waals surface area contributed by atoms with E-state index in [0.717, 1.165) is 5.56 Å². The van der Waals surface area contributed by atoms with E-state index in [9.17, 15) is 9.59 Å². The molecule has 1 rings (SSSR count). The first-order valence-electron chi connectivity index (χ1n) is 6.19. The van der Waals surface area contributed by atoms with Gasteiger partial charge in [-0.05, 0) is 31.4 Å². The van der Waals surface area contributed by atoms with Crippen molar-refractivity contribution >= 4 is 23.5 Å². The first-order valence-corrected chi connectivity index (χ1v) is 6.57. The molecule has 0 fully saturated rings. The highest BCUT2D eigenvalue weighted by Gasteiger charge is 2.12. The van der Waals surface area contributed by atoms with Crippen LogP contribution in [0.5, 0.6) is 0 Å². The van der Waals surface area contributed by atoms with Gasteiger partial charge in [-0.2, -0.15) is 0 Å². The van der Waals surface area contributed by atoms with Gasteiger partial charge in [-0.1, -0.05) is 30.7 Å². The van der Waals surface area contributed by atoms with E-state index in [-0.39, 0.29) is 11.8 Å². The van der Waals surface area contributed by atoms with Gasteiger partial charge in [0.1, 0.15) is 0 Å². The molecule has 0 bridgehead atoms. The normalized spacial score (nSPS) is 11.9. The predicted molar refractivity (Wildman–Crippen MR) is 74.6 cm³/mol. The van der Waals surface area contributed by atoms with Crippen LogP contribution in [0.3, 0.4) is 0 Å². The Morgan fingerprint density at radius 1 is 1.42 bits per heavy atom. The van der Waals surface area contributed by atoms with E-state index < -0.39 is 5.97 Å². The fourth-order valence-electron chi connectivity index (χ4n) is 1.65. The summed E-state index contributed by atoms with van der Waals surface area (Å²) in [5.74, 6) is -1.43. The van der Waals surface area contributed by atoms with Crippen LogP contribution in [-0.2, 0) is 4.79 Å². The molecule has 0 saturated carbocycles. The average molecular weight is 284 g/mol. The minimum atomic E-state index is -0.812. The first kappa shape index (κ1) is 15.5. The fraction of sp³-hybridized carbons (Fsp3) is 0.429. The lowest BCUT2D eigenvalue weighted by Crippen LogP contribution is -2.25. The van der Waals surface area contributed by atoms with Crippen LogP contribution in [0.25, 0.3) is 0 Å². The Morgan fingerprint density at radius 2 is 2.11 bits per heavy atom. The summed E-state index contributed by atoms with van der Waals surface area (Å²) >= 11 is 6.05. The van der Waals surface area contributed by atoms with Gasteiger partial charge in [0.05, 0.1) is 16.5 Å². The molecule has 0 heterocycles. The molecule has 2 N–H and O–H groups in total. The van der Waals surface area contributed by atoms with Crippen LogP contribution in [0.2, 0.25) is 5.02 Å². The molecule has 1 aromatic rings. The molecule has 0 radical (unpaired) electrons. The van der Waals surface area contributed by atoms with E-state index in [2.05, 4.69) is 5.32 Å². The van der Waals surface area contributed by atoms with Crippen molar-refractivity contribution in [1.29, 1.82) is 0 Å². The number of amides is 1. The number of carboxylic acids is 1. The number of carbonyl (C=O) groups is 2. The van der Waals surface area contributed by atoms with E-state index in [1.165, 1.54) is 0 Å². The topological polar surface area (TPSA) is 66.4 Å². The standard InChI is InChI=1S/C14H18ClNO3/c1-9-5-3-7-11(12(9)15)13(17)16-8-4-6-10(2)14(18)19/h3,5,7,10H,4,6,8H2,1-2H3,(H,16,17)(H,18,19). The van der Waals surface area contributed by atoms with Crippen molar-refractivity contribution in [2.24, 2.45) is 5.92 Å². The summed E-state index contributed by atoms with van der Waals surface area (Å²) < 4.78 is 0. The van der Waals surface area contributed by atoms with Crippen LogP contribution in [0.1, 0.15) is 35.7 Å². The number of benzene rings is 1. The number of hydrogen-bond donors (Lipinski definition) is 2. The molecule has 4 nitrogen and oxygen atoms in total. The highest BCUT2D eigenvalue weighted by molar-refractivity contribution is 6.34. The fourth-order valence-corrected chi connectivity index (χ4v) is 1.86.